The highest BCUT2D eigenvalue weighted by molar-refractivity contribution is 5.14. The standard InChI is InChI=1S/C13H20NO/c15-12-6-11-14-10-5-4-9-13-7-2-1-3-8-13/h1-3,7-8,14H,4-6,9-12H2. The minimum Gasteiger partial charge on any atom is -0.317 e. The van der Waals surface area contributed by atoms with E-state index in [4.69, 9.17) is 0 Å². The Morgan fingerprint density at radius 1 is 0.933 bits per heavy atom. The molecule has 1 radical (unpaired) electrons. The first kappa shape index (κ1) is 12.2. The van der Waals surface area contributed by atoms with Crippen molar-refractivity contribution in [1.29, 1.82) is 0 Å². The van der Waals surface area contributed by atoms with Gasteiger partial charge in [0, 0.05) is 0 Å². The van der Waals surface area contributed by atoms with Gasteiger partial charge in [0.05, 0.1) is 6.61 Å². The highest BCUT2D eigenvalue weighted by Crippen LogP contribution is 2.03. The fourth-order valence-corrected chi connectivity index (χ4v) is 1.55. The van der Waals surface area contributed by atoms with E-state index in [1.165, 1.54) is 18.4 Å². The van der Waals surface area contributed by atoms with Gasteiger partial charge in [0.1, 0.15) is 0 Å². The van der Waals surface area contributed by atoms with Crippen LogP contribution < -0.4 is 5.32 Å². The molecule has 0 unspecified atom stereocenters. The first-order chi connectivity index (χ1) is 7.43. The van der Waals surface area contributed by atoms with Crippen LogP contribution in [0.3, 0.4) is 0 Å². The monoisotopic (exact) mass is 206 g/mol. The van der Waals surface area contributed by atoms with Crippen molar-refractivity contribution < 1.29 is 5.11 Å². The predicted molar refractivity (Wildman–Crippen MR) is 62.4 cm³/mol. The predicted octanol–water partition coefficient (Wildman–Crippen LogP) is 2.42. The Morgan fingerprint density at radius 3 is 2.40 bits per heavy atom. The maximum absolute atomic E-state index is 10.2. The summed E-state index contributed by atoms with van der Waals surface area (Å²) in [6, 6.07) is 10.6. The maximum atomic E-state index is 10.2. The molecule has 1 aromatic carbocycles. The molecule has 0 aliphatic heterocycles. The zero-order valence-electron chi connectivity index (χ0n) is 9.24. The summed E-state index contributed by atoms with van der Waals surface area (Å²) >= 11 is 0. The number of hydrogen-bond acceptors (Lipinski definition) is 1. The molecule has 2 heteroatoms. The molecule has 0 amide bonds. The minimum absolute atomic E-state index is 0.0387. The molecule has 0 aliphatic carbocycles. The van der Waals surface area contributed by atoms with Crippen LogP contribution in [-0.2, 0) is 11.5 Å². The fraction of sp³-hybridized carbons (Fsp3) is 0.538. The van der Waals surface area contributed by atoms with Crippen LogP contribution in [0.15, 0.2) is 30.3 Å². The second-order valence-corrected chi connectivity index (χ2v) is 3.75. The smallest absolute Gasteiger partial charge is 0.0834 e. The second kappa shape index (κ2) is 8.45. The molecule has 2 nitrogen and oxygen atoms in total. The van der Waals surface area contributed by atoms with Gasteiger partial charge in [0.15, 0.2) is 0 Å². The lowest BCUT2D eigenvalue weighted by Crippen LogP contribution is -2.17. The third-order valence-electron chi connectivity index (χ3n) is 2.41. The molecule has 1 aromatic rings. The molecule has 15 heavy (non-hydrogen) atoms. The summed E-state index contributed by atoms with van der Waals surface area (Å²) in [5, 5.41) is 13.4. The zero-order chi connectivity index (χ0) is 10.8. The number of unbranched alkanes of at least 4 members (excludes halogenated alkanes) is 1. The van der Waals surface area contributed by atoms with E-state index in [-0.39, 0.29) is 6.61 Å². The van der Waals surface area contributed by atoms with Gasteiger partial charge in [-0.1, -0.05) is 30.3 Å². The van der Waals surface area contributed by atoms with Gasteiger partial charge in [-0.05, 0) is 44.3 Å². The lowest BCUT2D eigenvalue weighted by Gasteiger charge is -2.03. The Kier molecular flexibility index (Phi) is 6.88. The van der Waals surface area contributed by atoms with E-state index in [0.717, 1.165) is 25.9 Å². The first-order valence-corrected chi connectivity index (χ1v) is 5.76. The van der Waals surface area contributed by atoms with Gasteiger partial charge in [-0.15, -0.1) is 0 Å². The van der Waals surface area contributed by atoms with Crippen LogP contribution in [0.1, 0.15) is 24.8 Å². The third-order valence-corrected chi connectivity index (χ3v) is 2.41. The summed E-state index contributed by atoms with van der Waals surface area (Å²) in [7, 11) is 0. The van der Waals surface area contributed by atoms with Gasteiger partial charge < -0.3 is 5.32 Å². The van der Waals surface area contributed by atoms with Gasteiger partial charge >= 0.3 is 0 Å². The third kappa shape index (κ3) is 6.26. The molecule has 0 bridgehead atoms. The molecule has 0 saturated carbocycles. The number of aryl methyl sites for hydroxylation is 1. The van der Waals surface area contributed by atoms with Gasteiger partial charge in [-0.25, -0.2) is 5.11 Å². The molecule has 0 saturated heterocycles. The van der Waals surface area contributed by atoms with E-state index < -0.39 is 0 Å². The SMILES string of the molecule is [O]CCCNCCCCc1ccccc1. The lowest BCUT2D eigenvalue weighted by molar-refractivity contribution is 0.188. The highest BCUT2D eigenvalue weighted by atomic mass is 16.3. The Bertz CT molecular complexity index is 236. The van der Waals surface area contributed by atoms with Crippen molar-refractivity contribution in [2.75, 3.05) is 19.7 Å². The van der Waals surface area contributed by atoms with Crippen molar-refractivity contribution in [3.8, 4) is 0 Å². The zero-order valence-corrected chi connectivity index (χ0v) is 9.24. The summed E-state index contributed by atoms with van der Waals surface area (Å²) in [5.41, 5.74) is 1.41. The van der Waals surface area contributed by atoms with Crippen LogP contribution in [0.2, 0.25) is 0 Å². The molecule has 0 fully saturated rings. The van der Waals surface area contributed by atoms with Crippen LogP contribution in [0, 0.1) is 0 Å². The van der Waals surface area contributed by atoms with Crippen molar-refractivity contribution in [2.24, 2.45) is 0 Å². The van der Waals surface area contributed by atoms with Gasteiger partial charge in [0.2, 0.25) is 0 Å². The number of hydrogen-bond donors (Lipinski definition) is 1. The molecular weight excluding hydrogens is 186 g/mol. The molecule has 1 rings (SSSR count). The molecular formula is C13H20NO. The van der Waals surface area contributed by atoms with E-state index in [9.17, 15) is 5.11 Å². The van der Waals surface area contributed by atoms with Gasteiger partial charge in [-0.2, -0.15) is 0 Å². The summed E-state index contributed by atoms with van der Waals surface area (Å²) in [4.78, 5) is 0. The summed E-state index contributed by atoms with van der Waals surface area (Å²) in [5.74, 6) is 0. The summed E-state index contributed by atoms with van der Waals surface area (Å²) in [6.45, 7) is 1.94. The van der Waals surface area contributed by atoms with E-state index in [0.29, 0.717) is 0 Å². The van der Waals surface area contributed by atoms with Crippen molar-refractivity contribution in [1.82, 2.24) is 5.32 Å². The number of nitrogens with one attached hydrogen (secondary N) is 1. The van der Waals surface area contributed by atoms with Crippen molar-refractivity contribution in [3.05, 3.63) is 35.9 Å². The van der Waals surface area contributed by atoms with Crippen LogP contribution in [0.25, 0.3) is 0 Å². The average molecular weight is 206 g/mol. The Hall–Kier alpha value is -0.860. The maximum Gasteiger partial charge on any atom is 0.0834 e. The molecule has 83 valence electrons. The van der Waals surface area contributed by atoms with E-state index in [2.05, 4.69) is 29.6 Å². The van der Waals surface area contributed by atoms with Crippen LogP contribution >= 0.6 is 0 Å². The van der Waals surface area contributed by atoms with E-state index in [1.54, 1.807) is 0 Å². The molecule has 0 aliphatic rings. The topological polar surface area (TPSA) is 31.9 Å². The molecule has 0 heterocycles. The Labute approximate surface area is 92.3 Å². The van der Waals surface area contributed by atoms with Crippen LogP contribution in [0.5, 0.6) is 0 Å². The first-order valence-electron chi connectivity index (χ1n) is 5.76. The quantitative estimate of drug-likeness (QED) is 0.651. The summed E-state index contributed by atoms with van der Waals surface area (Å²) in [6.07, 6.45) is 4.31. The molecule has 0 atom stereocenters. The molecule has 0 spiro atoms. The van der Waals surface area contributed by atoms with Crippen molar-refractivity contribution in [3.63, 3.8) is 0 Å². The van der Waals surface area contributed by atoms with E-state index >= 15 is 0 Å². The van der Waals surface area contributed by atoms with Gasteiger partial charge in [0.25, 0.3) is 0 Å². The van der Waals surface area contributed by atoms with Crippen molar-refractivity contribution >= 4 is 0 Å². The van der Waals surface area contributed by atoms with Gasteiger partial charge in [-0.3, -0.25) is 0 Å². The Balaban J connectivity index is 1.93. The minimum atomic E-state index is 0.0387. The molecule has 1 N–H and O–H groups in total. The average Bonchev–Trinajstić information content (AvgIpc) is 2.29. The summed E-state index contributed by atoms with van der Waals surface area (Å²) < 4.78 is 0. The van der Waals surface area contributed by atoms with E-state index in [1.807, 2.05) is 6.07 Å². The molecule has 0 aromatic heterocycles. The second-order valence-electron chi connectivity index (χ2n) is 3.75. The van der Waals surface area contributed by atoms with Crippen LogP contribution in [-0.4, -0.2) is 19.7 Å². The number of rotatable bonds is 8. The number of benzene rings is 1. The normalized spacial score (nSPS) is 10.5. The highest BCUT2D eigenvalue weighted by Gasteiger charge is 1.92. The van der Waals surface area contributed by atoms with Crippen molar-refractivity contribution in [2.45, 2.75) is 25.7 Å². The largest absolute Gasteiger partial charge is 0.317 e. The lowest BCUT2D eigenvalue weighted by atomic mass is 10.1. The van der Waals surface area contributed by atoms with Crippen LogP contribution in [0.4, 0.5) is 0 Å². The Morgan fingerprint density at radius 2 is 1.67 bits per heavy atom. The fourth-order valence-electron chi connectivity index (χ4n) is 1.55.